The van der Waals surface area contributed by atoms with Gasteiger partial charge in [0.2, 0.25) is 0 Å². The zero-order valence-corrected chi connectivity index (χ0v) is 15.0. The zero-order chi connectivity index (χ0) is 16.0. The standard InChI is InChI=1S/C19H38O2/c1-5-9-10-11-12-13-17-21-18(20)19(14-6-2,15-7-3)16-8-4/h5-17H2,1-4H3. The van der Waals surface area contributed by atoms with E-state index in [0.29, 0.717) is 6.61 Å². The van der Waals surface area contributed by atoms with Gasteiger partial charge in [0.25, 0.3) is 0 Å². The zero-order valence-electron chi connectivity index (χ0n) is 15.0. The van der Waals surface area contributed by atoms with Crippen LogP contribution in [-0.4, -0.2) is 12.6 Å². The summed E-state index contributed by atoms with van der Waals surface area (Å²) < 4.78 is 5.63. The van der Waals surface area contributed by atoms with E-state index in [-0.39, 0.29) is 11.4 Å². The summed E-state index contributed by atoms with van der Waals surface area (Å²) in [4.78, 5) is 12.5. The van der Waals surface area contributed by atoms with E-state index in [1.54, 1.807) is 0 Å². The second-order valence-corrected chi connectivity index (χ2v) is 6.43. The number of hydrogen-bond donors (Lipinski definition) is 0. The smallest absolute Gasteiger partial charge is 0.312 e. The van der Waals surface area contributed by atoms with Crippen LogP contribution < -0.4 is 0 Å². The number of unbranched alkanes of at least 4 members (excludes halogenated alkanes) is 5. The first kappa shape index (κ1) is 20.5. The van der Waals surface area contributed by atoms with Crippen LogP contribution in [0.25, 0.3) is 0 Å². The molecule has 126 valence electrons. The van der Waals surface area contributed by atoms with E-state index < -0.39 is 0 Å². The Morgan fingerprint density at radius 2 is 1.19 bits per heavy atom. The van der Waals surface area contributed by atoms with Crippen molar-refractivity contribution in [3.63, 3.8) is 0 Å². The first-order chi connectivity index (χ1) is 10.2. The molecule has 0 radical (unpaired) electrons. The van der Waals surface area contributed by atoms with Gasteiger partial charge in [-0.2, -0.15) is 0 Å². The van der Waals surface area contributed by atoms with Gasteiger partial charge in [-0.3, -0.25) is 4.79 Å². The van der Waals surface area contributed by atoms with Gasteiger partial charge in [0.05, 0.1) is 12.0 Å². The van der Waals surface area contributed by atoms with Gasteiger partial charge in [-0.1, -0.05) is 79.1 Å². The molecule has 2 heteroatoms. The summed E-state index contributed by atoms with van der Waals surface area (Å²) in [5.74, 6) is 0.0709. The Balaban J connectivity index is 4.15. The van der Waals surface area contributed by atoms with Crippen LogP contribution in [0.15, 0.2) is 0 Å². The Hall–Kier alpha value is -0.530. The van der Waals surface area contributed by atoms with Crippen LogP contribution in [0.4, 0.5) is 0 Å². The largest absolute Gasteiger partial charge is 0.465 e. The molecular formula is C19H38O2. The monoisotopic (exact) mass is 298 g/mol. The molecule has 0 amide bonds. The van der Waals surface area contributed by atoms with Gasteiger partial charge in [0.1, 0.15) is 0 Å². The van der Waals surface area contributed by atoms with Crippen molar-refractivity contribution in [1.29, 1.82) is 0 Å². The lowest BCUT2D eigenvalue weighted by atomic mass is 9.75. The molecule has 0 heterocycles. The van der Waals surface area contributed by atoms with Crippen molar-refractivity contribution in [1.82, 2.24) is 0 Å². The molecular weight excluding hydrogens is 260 g/mol. The van der Waals surface area contributed by atoms with Gasteiger partial charge in [-0.25, -0.2) is 0 Å². The van der Waals surface area contributed by atoms with Crippen LogP contribution >= 0.6 is 0 Å². The molecule has 0 N–H and O–H groups in total. The molecule has 0 spiro atoms. The van der Waals surface area contributed by atoms with Crippen LogP contribution in [0.1, 0.15) is 105 Å². The Kier molecular flexibility index (Phi) is 12.8. The number of rotatable bonds is 14. The molecule has 0 saturated heterocycles. The fourth-order valence-electron chi connectivity index (χ4n) is 3.32. The van der Waals surface area contributed by atoms with Crippen LogP contribution in [0.3, 0.4) is 0 Å². The molecule has 0 fully saturated rings. The fourth-order valence-corrected chi connectivity index (χ4v) is 3.32. The molecule has 0 rings (SSSR count). The van der Waals surface area contributed by atoms with Crippen molar-refractivity contribution in [2.75, 3.05) is 6.61 Å². The molecule has 0 unspecified atom stereocenters. The van der Waals surface area contributed by atoms with Crippen LogP contribution in [0.2, 0.25) is 0 Å². The molecule has 0 aromatic rings. The molecule has 0 aliphatic rings. The predicted octanol–water partition coefficient (Wildman–Crippen LogP) is 6.28. The first-order valence-corrected chi connectivity index (χ1v) is 9.34. The Morgan fingerprint density at radius 3 is 1.67 bits per heavy atom. The number of hydrogen-bond acceptors (Lipinski definition) is 2. The van der Waals surface area contributed by atoms with Gasteiger partial charge in [-0.15, -0.1) is 0 Å². The number of carbonyl (C=O) groups excluding carboxylic acids is 1. The van der Waals surface area contributed by atoms with E-state index in [2.05, 4.69) is 27.7 Å². The van der Waals surface area contributed by atoms with E-state index in [9.17, 15) is 4.79 Å². The lowest BCUT2D eigenvalue weighted by Crippen LogP contribution is -2.33. The third kappa shape index (κ3) is 8.48. The van der Waals surface area contributed by atoms with Gasteiger partial charge in [0, 0.05) is 0 Å². The molecule has 0 aromatic carbocycles. The topological polar surface area (TPSA) is 26.3 Å². The quantitative estimate of drug-likeness (QED) is 0.279. The Bertz CT molecular complexity index is 231. The average Bonchev–Trinajstić information content (AvgIpc) is 2.46. The van der Waals surface area contributed by atoms with Gasteiger partial charge < -0.3 is 4.74 Å². The van der Waals surface area contributed by atoms with Crippen molar-refractivity contribution in [3.05, 3.63) is 0 Å². The lowest BCUT2D eigenvalue weighted by molar-refractivity contribution is -0.158. The third-order valence-corrected chi connectivity index (χ3v) is 4.35. The van der Waals surface area contributed by atoms with Crippen molar-refractivity contribution in [2.45, 2.75) is 105 Å². The van der Waals surface area contributed by atoms with Crippen LogP contribution in [-0.2, 0) is 9.53 Å². The summed E-state index contributed by atoms with van der Waals surface area (Å²) in [5, 5.41) is 0. The molecule has 0 aliphatic heterocycles. The minimum atomic E-state index is -0.208. The van der Waals surface area contributed by atoms with Crippen molar-refractivity contribution >= 4 is 5.97 Å². The van der Waals surface area contributed by atoms with Crippen molar-refractivity contribution in [2.24, 2.45) is 5.41 Å². The maximum absolute atomic E-state index is 12.5. The second kappa shape index (κ2) is 13.2. The maximum Gasteiger partial charge on any atom is 0.312 e. The average molecular weight is 299 g/mol. The number of esters is 1. The second-order valence-electron chi connectivity index (χ2n) is 6.43. The molecule has 0 aliphatic carbocycles. The van der Waals surface area contributed by atoms with Gasteiger partial charge in [0.15, 0.2) is 0 Å². The van der Waals surface area contributed by atoms with E-state index in [1.807, 2.05) is 0 Å². The predicted molar refractivity (Wildman–Crippen MR) is 91.5 cm³/mol. The first-order valence-electron chi connectivity index (χ1n) is 9.34. The lowest BCUT2D eigenvalue weighted by Gasteiger charge is -2.31. The molecule has 2 nitrogen and oxygen atoms in total. The summed E-state index contributed by atoms with van der Waals surface area (Å²) in [6, 6.07) is 0. The Labute approximate surface area is 133 Å². The summed E-state index contributed by atoms with van der Waals surface area (Å²) >= 11 is 0. The Morgan fingerprint density at radius 1 is 0.714 bits per heavy atom. The minimum absolute atomic E-state index is 0.0709. The minimum Gasteiger partial charge on any atom is -0.465 e. The molecule has 0 bridgehead atoms. The van der Waals surface area contributed by atoms with Crippen molar-refractivity contribution < 1.29 is 9.53 Å². The molecule has 0 saturated carbocycles. The summed E-state index contributed by atoms with van der Waals surface area (Å²) in [6.45, 7) is 9.35. The van der Waals surface area contributed by atoms with Crippen LogP contribution in [0.5, 0.6) is 0 Å². The molecule has 0 atom stereocenters. The maximum atomic E-state index is 12.5. The normalized spacial score (nSPS) is 11.6. The molecule has 21 heavy (non-hydrogen) atoms. The van der Waals surface area contributed by atoms with Crippen LogP contribution in [0, 0.1) is 5.41 Å². The highest BCUT2D eigenvalue weighted by atomic mass is 16.5. The van der Waals surface area contributed by atoms with Gasteiger partial charge >= 0.3 is 5.97 Å². The summed E-state index contributed by atoms with van der Waals surface area (Å²) in [5.41, 5.74) is -0.208. The third-order valence-electron chi connectivity index (χ3n) is 4.35. The van der Waals surface area contributed by atoms with E-state index in [4.69, 9.17) is 4.74 Å². The van der Waals surface area contributed by atoms with Crippen molar-refractivity contribution in [3.8, 4) is 0 Å². The van der Waals surface area contributed by atoms with E-state index in [0.717, 1.165) is 44.9 Å². The number of ether oxygens (including phenoxy) is 1. The summed E-state index contributed by atoms with van der Waals surface area (Å²) in [7, 11) is 0. The highest BCUT2D eigenvalue weighted by Gasteiger charge is 2.37. The fraction of sp³-hybridized carbons (Fsp3) is 0.947. The van der Waals surface area contributed by atoms with E-state index in [1.165, 1.54) is 32.1 Å². The highest BCUT2D eigenvalue weighted by molar-refractivity contribution is 5.76. The van der Waals surface area contributed by atoms with Gasteiger partial charge in [-0.05, 0) is 25.7 Å². The summed E-state index contributed by atoms with van der Waals surface area (Å²) in [6.07, 6.45) is 13.5. The highest BCUT2D eigenvalue weighted by Crippen LogP contribution is 2.36. The van der Waals surface area contributed by atoms with E-state index >= 15 is 0 Å². The number of carbonyl (C=O) groups is 1. The molecule has 0 aromatic heterocycles. The SMILES string of the molecule is CCCCCCCCOC(=O)C(CCC)(CCC)CCC.